The molecular weight excluding hydrogens is 287 g/mol. The predicted octanol–water partition coefficient (Wildman–Crippen LogP) is 2.83. The number of nitrogens with two attached hydrogens (primary N) is 1. The van der Waals surface area contributed by atoms with Gasteiger partial charge in [0.25, 0.3) is 0 Å². The number of hydrazone groups is 1. The molecule has 98 valence electrons. The van der Waals surface area contributed by atoms with Crippen LogP contribution in [-0.2, 0) is 6.18 Å². The first-order valence-corrected chi connectivity index (χ1v) is 5.47. The Bertz CT molecular complexity index is 500. The van der Waals surface area contributed by atoms with Crippen LogP contribution in [0, 0.1) is 6.92 Å². The minimum absolute atomic E-state index is 0.0154. The number of thiocarbonyl (C=S) groups is 1. The average Bonchev–Trinajstić information content (AvgIpc) is 2.22. The quantitative estimate of drug-likeness (QED) is 0.501. The molecule has 0 unspecified atom stereocenters. The molecular formula is C10H9ClF3N3S. The molecule has 0 bridgehead atoms. The molecule has 0 fully saturated rings. The number of hydrogen-bond acceptors (Lipinski definition) is 2. The van der Waals surface area contributed by atoms with Crippen LogP contribution in [-0.4, -0.2) is 11.3 Å². The van der Waals surface area contributed by atoms with Gasteiger partial charge in [-0.3, -0.25) is 5.43 Å². The molecule has 0 radical (unpaired) electrons. The van der Waals surface area contributed by atoms with E-state index in [0.717, 1.165) is 6.07 Å². The third-order valence-corrected chi connectivity index (χ3v) is 2.69. The first-order chi connectivity index (χ1) is 8.23. The second-order valence-corrected chi connectivity index (χ2v) is 4.19. The first kappa shape index (κ1) is 14.7. The van der Waals surface area contributed by atoms with Crippen LogP contribution in [0.5, 0.6) is 0 Å². The number of nitrogens with zero attached hydrogens (tertiary/aromatic N) is 1. The van der Waals surface area contributed by atoms with E-state index >= 15 is 0 Å². The highest BCUT2D eigenvalue weighted by atomic mass is 35.5. The van der Waals surface area contributed by atoms with E-state index in [2.05, 4.69) is 22.7 Å². The average molecular weight is 296 g/mol. The Balaban J connectivity index is 3.09. The third kappa shape index (κ3) is 3.58. The summed E-state index contributed by atoms with van der Waals surface area (Å²) in [6, 6.07) is 2.17. The van der Waals surface area contributed by atoms with Crippen LogP contribution in [0.1, 0.15) is 16.7 Å². The molecule has 0 saturated carbocycles. The Labute approximate surface area is 112 Å². The zero-order chi connectivity index (χ0) is 13.9. The molecule has 0 heterocycles. The minimum atomic E-state index is -4.43. The molecule has 1 aromatic carbocycles. The molecule has 0 saturated heterocycles. The number of hydrogen-bond donors (Lipinski definition) is 2. The molecule has 0 spiro atoms. The summed E-state index contributed by atoms with van der Waals surface area (Å²) < 4.78 is 37.7. The maximum Gasteiger partial charge on any atom is 0.416 e. The minimum Gasteiger partial charge on any atom is -0.375 e. The van der Waals surface area contributed by atoms with Crippen molar-refractivity contribution in [3.8, 4) is 0 Å². The summed E-state index contributed by atoms with van der Waals surface area (Å²) >= 11 is 10.3. The maximum absolute atomic E-state index is 12.6. The molecule has 8 heteroatoms. The van der Waals surface area contributed by atoms with E-state index in [1.807, 2.05) is 0 Å². The molecule has 3 N–H and O–H groups in total. The van der Waals surface area contributed by atoms with Crippen LogP contribution in [0.2, 0.25) is 5.02 Å². The van der Waals surface area contributed by atoms with E-state index in [0.29, 0.717) is 5.56 Å². The van der Waals surface area contributed by atoms with Gasteiger partial charge in [0, 0.05) is 5.56 Å². The van der Waals surface area contributed by atoms with Crippen LogP contribution >= 0.6 is 23.8 Å². The topological polar surface area (TPSA) is 50.4 Å². The Kier molecular flexibility index (Phi) is 4.53. The second-order valence-electron chi connectivity index (χ2n) is 3.37. The fraction of sp³-hybridized carbons (Fsp3) is 0.200. The van der Waals surface area contributed by atoms with Gasteiger partial charge in [-0.05, 0) is 30.8 Å². The molecule has 0 aromatic heterocycles. The van der Waals surface area contributed by atoms with Crippen molar-refractivity contribution < 1.29 is 13.2 Å². The lowest BCUT2D eigenvalue weighted by Gasteiger charge is -2.12. The van der Waals surface area contributed by atoms with E-state index in [-0.39, 0.29) is 15.7 Å². The zero-order valence-electron chi connectivity index (χ0n) is 9.18. The van der Waals surface area contributed by atoms with E-state index in [1.54, 1.807) is 0 Å². The van der Waals surface area contributed by atoms with Gasteiger partial charge in [-0.15, -0.1) is 0 Å². The van der Waals surface area contributed by atoms with Crippen molar-refractivity contribution in [1.82, 2.24) is 5.43 Å². The summed E-state index contributed by atoms with van der Waals surface area (Å²) in [5, 5.41) is 3.56. The Morgan fingerprint density at radius 1 is 1.50 bits per heavy atom. The van der Waals surface area contributed by atoms with Gasteiger partial charge in [0.1, 0.15) is 0 Å². The van der Waals surface area contributed by atoms with Crippen LogP contribution in [0.15, 0.2) is 17.2 Å². The largest absolute Gasteiger partial charge is 0.416 e. The standard InChI is InChI=1S/C10H9ClF3N3S/c1-5-7(10(12,13)14)3-2-6(8(5)11)4-16-17-9(15)18/h2-4H,1H3,(H3,15,17,18). The molecule has 0 aliphatic rings. The highest BCUT2D eigenvalue weighted by Gasteiger charge is 2.33. The smallest absolute Gasteiger partial charge is 0.375 e. The fourth-order valence-electron chi connectivity index (χ4n) is 1.28. The second kappa shape index (κ2) is 5.53. The van der Waals surface area contributed by atoms with Gasteiger partial charge < -0.3 is 5.73 Å². The summed E-state index contributed by atoms with van der Waals surface area (Å²) in [5.74, 6) is 0. The van der Waals surface area contributed by atoms with Gasteiger partial charge in [0.05, 0.1) is 16.8 Å². The molecule has 0 atom stereocenters. The Hall–Kier alpha value is -1.34. The van der Waals surface area contributed by atoms with E-state index in [9.17, 15) is 13.2 Å². The van der Waals surface area contributed by atoms with Crippen molar-refractivity contribution in [2.75, 3.05) is 0 Å². The monoisotopic (exact) mass is 295 g/mol. The molecule has 0 amide bonds. The van der Waals surface area contributed by atoms with E-state index < -0.39 is 11.7 Å². The zero-order valence-corrected chi connectivity index (χ0v) is 10.7. The van der Waals surface area contributed by atoms with Crippen molar-refractivity contribution in [3.05, 3.63) is 33.8 Å². The van der Waals surface area contributed by atoms with Gasteiger partial charge >= 0.3 is 6.18 Å². The van der Waals surface area contributed by atoms with Gasteiger partial charge in [-0.2, -0.15) is 18.3 Å². The summed E-state index contributed by atoms with van der Waals surface area (Å²) in [6.07, 6.45) is -3.19. The summed E-state index contributed by atoms with van der Waals surface area (Å²) in [4.78, 5) is 0. The lowest BCUT2D eigenvalue weighted by atomic mass is 10.1. The lowest BCUT2D eigenvalue weighted by molar-refractivity contribution is -0.138. The summed E-state index contributed by atoms with van der Waals surface area (Å²) in [5.41, 5.74) is 6.93. The van der Waals surface area contributed by atoms with Gasteiger partial charge in [-0.25, -0.2) is 0 Å². The molecule has 1 aromatic rings. The highest BCUT2D eigenvalue weighted by Crippen LogP contribution is 2.35. The van der Waals surface area contributed by atoms with E-state index in [1.165, 1.54) is 19.2 Å². The Morgan fingerprint density at radius 2 is 2.11 bits per heavy atom. The SMILES string of the molecule is Cc1c(C(F)(F)F)ccc(C=NNC(N)=S)c1Cl. The number of benzene rings is 1. The summed E-state index contributed by atoms with van der Waals surface area (Å²) in [6.45, 7) is 1.30. The number of halogens is 4. The van der Waals surface area contributed by atoms with Crippen LogP contribution < -0.4 is 11.2 Å². The van der Waals surface area contributed by atoms with Crippen molar-refractivity contribution in [1.29, 1.82) is 0 Å². The third-order valence-electron chi connectivity index (χ3n) is 2.10. The molecule has 0 aliphatic carbocycles. The number of alkyl halides is 3. The first-order valence-electron chi connectivity index (χ1n) is 4.68. The Morgan fingerprint density at radius 3 is 2.61 bits per heavy atom. The molecule has 18 heavy (non-hydrogen) atoms. The van der Waals surface area contributed by atoms with Crippen molar-refractivity contribution in [2.45, 2.75) is 13.1 Å². The molecule has 0 aliphatic heterocycles. The summed E-state index contributed by atoms with van der Waals surface area (Å²) in [7, 11) is 0. The van der Waals surface area contributed by atoms with Gasteiger partial charge in [0.15, 0.2) is 5.11 Å². The molecule has 3 nitrogen and oxygen atoms in total. The van der Waals surface area contributed by atoms with E-state index in [4.69, 9.17) is 17.3 Å². The van der Waals surface area contributed by atoms with Gasteiger partial charge in [0.2, 0.25) is 0 Å². The number of rotatable bonds is 2. The number of nitrogens with one attached hydrogen (secondary N) is 1. The van der Waals surface area contributed by atoms with Crippen LogP contribution in [0.25, 0.3) is 0 Å². The predicted molar refractivity (Wildman–Crippen MR) is 68.7 cm³/mol. The van der Waals surface area contributed by atoms with Crippen molar-refractivity contribution in [2.24, 2.45) is 10.8 Å². The highest BCUT2D eigenvalue weighted by molar-refractivity contribution is 7.80. The maximum atomic E-state index is 12.6. The van der Waals surface area contributed by atoms with Crippen LogP contribution in [0.4, 0.5) is 13.2 Å². The lowest BCUT2D eigenvalue weighted by Crippen LogP contribution is -2.24. The van der Waals surface area contributed by atoms with Crippen molar-refractivity contribution >= 4 is 35.1 Å². The van der Waals surface area contributed by atoms with Gasteiger partial charge in [-0.1, -0.05) is 17.7 Å². The van der Waals surface area contributed by atoms with Crippen molar-refractivity contribution in [3.63, 3.8) is 0 Å². The van der Waals surface area contributed by atoms with Crippen LogP contribution in [0.3, 0.4) is 0 Å². The fourth-order valence-corrected chi connectivity index (χ4v) is 1.54. The molecule has 1 rings (SSSR count). The normalized spacial score (nSPS) is 11.8.